The number of aliphatic hydroxyl groups is 1. The molecule has 1 aromatic rings. The zero-order valence-corrected chi connectivity index (χ0v) is 13.2. The van der Waals surface area contributed by atoms with Crippen LogP contribution in [0.15, 0.2) is 5.51 Å². The third-order valence-corrected chi connectivity index (χ3v) is 5.45. The second-order valence-corrected chi connectivity index (χ2v) is 7.31. The summed E-state index contributed by atoms with van der Waals surface area (Å²) in [4.78, 5) is 8.01. The zero-order chi connectivity index (χ0) is 13.9. The van der Waals surface area contributed by atoms with Gasteiger partial charge in [-0.2, -0.15) is 0 Å². The van der Waals surface area contributed by atoms with Crippen LogP contribution in [0.3, 0.4) is 0 Å². The van der Waals surface area contributed by atoms with Gasteiger partial charge in [0.15, 0.2) is 0 Å². The molecule has 0 aliphatic heterocycles. The van der Waals surface area contributed by atoms with Crippen LogP contribution in [-0.4, -0.2) is 35.2 Å². The van der Waals surface area contributed by atoms with Gasteiger partial charge in [-0.05, 0) is 32.7 Å². The van der Waals surface area contributed by atoms with E-state index in [9.17, 15) is 5.11 Å². The summed E-state index contributed by atoms with van der Waals surface area (Å²) < 4.78 is 0. The third-order valence-electron chi connectivity index (χ3n) is 4.53. The maximum Gasteiger partial charge on any atom is 0.0798 e. The molecule has 0 bridgehead atoms. The molecule has 2 rings (SSSR count). The molecule has 1 saturated carbocycles. The van der Waals surface area contributed by atoms with Crippen LogP contribution in [0.25, 0.3) is 0 Å². The monoisotopic (exact) mass is 282 g/mol. The van der Waals surface area contributed by atoms with Crippen LogP contribution in [0.5, 0.6) is 0 Å². The lowest BCUT2D eigenvalue weighted by atomic mass is 9.71. The zero-order valence-electron chi connectivity index (χ0n) is 12.4. The van der Waals surface area contributed by atoms with E-state index in [0.29, 0.717) is 6.61 Å². The summed E-state index contributed by atoms with van der Waals surface area (Å²) in [7, 11) is 2.16. The van der Waals surface area contributed by atoms with Crippen molar-refractivity contribution in [2.45, 2.75) is 46.1 Å². The lowest BCUT2D eigenvalue weighted by Crippen LogP contribution is -2.40. The molecule has 0 atom stereocenters. The Morgan fingerprint density at radius 2 is 2.16 bits per heavy atom. The van der Waals surface area contributed by atoms with E-state index < -0.39 is 0 Å². The predicted octanol–water partition coefficient (Wildman–Crippen LogP) is 3.07. The minimum Gasteiger partial charge on any atom is -0.396 e. The van der Waals surface area contributed by atoms with E-state index in [-0.39, 0.29) is 5.41 Å². The summed E-state index contributed by atoms with van der Waals surface area (Å²) in [6, 6.07) is 0. The maximum absolute atomic E-state index is 9.82. The Morgan fingerprint density at radius 3 is 2.68 bits per heavy atom. The highest BCUT2D eigenvalue weighted by atomic mass is 32.1. The first kappa shape index (κ1) is 14.9. The summed E-state index contributed by atoms with van der Waals surface area (Å²) in [5.41, 5.74) is 3.19. The van der Waals surface area contributed by atoms with Gasteiger partial charge in [0.2, 0.25) is 0 Å². The number of hydrogen-bond acceptors (Lipinski definition) is 4. The van der Waals surface area contributed by atoms with E-state index in [1.807, 2.05) is 5.51 Å². The Bertz CT molecular complexity index is 397. The van der Waals surface area contributed by atoms with E-state index >= 15 is 0 Å². The Labute approximate surface area is 120 Å². The highest BCUT2D eigenvalue weighted by Gasteiger charge is 2.34. The Morgan fingerprint density at radius 1 is 1.47 bits per heavy atom. The first-order valence-corrected chi connectivity index (χ1v) is 8.11. The smallest absolute Gasteiger partial charge is 0.0798 e. The Balaban J connectivity index is 1.93. The van der Waals surface area contributed by atoms with Crippen LogP contribution in [-0.2, 0) is 6.54 Å². The van der Waals surface area contributed by atoms with Gasteiger partial charge in [-0.1, -0.05) is 19.8 Å². The largest absolute Gasteiger partial charge is 0.396 e. The Hall–Kier alpha value is -0.450. The Kier molecular flexibility index (Phi) is 4.98. The molecule has 1 aliphatic carbocycles. The third kappa shape index (κ3) is 3.77. The first-order valence-electron chi connectivity index (χ1n) is 7.23. The molecule has 3 nitrogen and oxygen atoms in total. The van der Waals surface area contributed by atoms with Gasteiger partial charge >= 0.3 is 0 Å². The second kappa shape index (κ2) is 6.33. The number of aromatic nitrogens is 1. The van der Waals surface area contributed by atoms with Crippen LogP contribution in [0.2, 0.25) is 0 Å². The van der Waals surface area contributed by atoms with Crippen LogP contribution >= 0.6 is 11.3 Å². The van der Waals surface area contributed by atoms with Crippen molar-refractivity contribution in [2.75, 3.05) is 20.2 Å². The highest BCUT2D eigenvalue weighted by molar-refractivity contribution is 7.09. The molecule has 0 aromatic carbocycles. The molecule has 1 fully saturated rings. The summed E-state index contributed by atoms with van der Waals surface area (Å²) in [5, 5.41) is 9.82. The lowest BCUT2D eigenvalue weighted by Gasteiger charge is -2.40. The molecule has 0 radical (unpaired) electrons. The van der Waals surface area contributed by atoms with Crippen molar-refractivity contribution in [3.63, 3.8) is 0 Å². The second-order valence-electron chi connectivity index (χ2n) is 6.37. The van der Waals surface area contributed by atoms with E-state index in [4.69, 9.17) is 0 Å². The van der Waals surface area contributed by atoms with Crippen LogP contribution in [0.1, 0.15) is 43.2 Å². The standard InChI is InChI=1S/C15H26N2OS/c1-12-4-6-15(10-18,7-5-12)9-17(3)8-14-13(2)16-11-19-14/h11-12,18H,4-10H2,1-3H3. The van der Waals surface area contributed by atoms with Gasteiger partial charge in [0, 0.05) is 30.0 Å². The number of hydrogen-bond donors (Lipinski definition) is 1. The molecule has 0 spiro atoms. The van der Waals surface area contributed by atoms with Gasteiger partial charge in [-0.25, -0.2) is 4.98 Å². The van der Waals surface area contributed by atoms with E-state index in [1.54, 1.807) is 11.3 Å². The summed E-state index contributed by atoms with van der Waals surface area (Å²) in [6.07, 6.45) is 4.84. The summed E-state index contributed by atoms with van der Waals surface area (Å²) in [5.74, 6) is 0.828. The molecule has 0 unspecified atom stereocenters. The van der Waals surface area contributed by atoms with Crippen LogP contribution < -0.4 is 0 Å². The van der Waals surface area contributed by atoms with Crippen molar-refractivity contribution in [1.82, 2.24) is 9.88 Å². The first-order chi connectivity index (χ1) is 9.04. The molecule has 0 saturated heterocycles. The van der Waals surface area contributed by atoms with Gasteiger partial charge in [-0.3, -0.25) is 0 Å². The number of rotatable bonds is 5. The number of nitrogens with zero attached hydrogens (tertiary/aromatic N) is 2. The SMILES string of the molecule is Cc1ncsc1CN(C)CC1(CO)CCC(C)CC1. The fraction of sp³-hybridized carbons (Fsp3) is 0.800. The van der Waals surface area contributed by atoms with Crippen molar-refractivity contribution in [2.24, 2.45) is 11.3 Å². The minimum absolute atomic E-state index is 0.125. The van der Waals surface area contributed by atoms with Crippen molar-refractivity contribution < 1.29 is 5.11 Å². The summed E-state index contributed by atoms with van der Waals surface area (Å²) >= 11 is 1.73. The predicted molar refractivity (Wildman–Crippen MR) is 80.3 cm³/mol. The van der Waals surface area contributed by atoms with Gasteiger partial charge in [0.05, 0.1) is 11.2 Å². The number of thiazole rings is 1. The van der Waals surface area contributed by atoms with Gasteiger partial charge in [0.25, 0.3) is 0 Å². The molecule has 1 aliphatic rings. The maximum atomic E-state index is 9.82. The topological polar surface area (TPSA) is 36.4 Å². The molecule has 0 amide bonds. The van der Waals surface area contributed by atoms with E-state index in [0.717, 1.165) is 37.5 Å². The van der Waals surface area contributed by atoms with Crippen molar-refractivity contribution in [3.8, 4) is 0 Å². The van der Waals surface area contributed by atoms with E-state index in [2.05, 4.69) is 30.8 Å². The lowest BCUT2D eigenvalue weighted by molar-refractivity contribution is 0.0348. The molecular formula is C15H26N2OS. The van der Waals surface area contributed by atoms with Crippen molar-refractivity contribution >= 4 is 11.3 Å². The number of aliphatic hydroxyl groups excluding tert-OH is 1. The number of aryl methyl sites for hydroxylation is 1. The van der Waals surface area contributed by atoms with Crippen molar-refractivity contribution in [1.29, 1.82) is 0 Å². The van der Waals surface area contributed by atoms with Crippen LogP contribution in [0.4, 0.5) is 0 Å². The summed E-state index contributed by atoms with van der Waals surface area (Å²) in [6.45, 7) is 6.67. The minimum atomic E-state index is 0.125. The normalized spacial score (nSPS) is 27.9. The average molecular weight is 282 g/mol. The van der Waals surface area contributed by atoms with Gasteiger partial charge in [-0.15, -0.1) is 11.3 Å². The van der Waals surface area contributed by atoms with E-state index in [1.165, 1.54) is 17.7 Å². The highest BCUT2D eigenvalue weighted by Crippen LogP contribution is 2.39. The fourth-order valence-electron chi connectivity index (χ4n) is 3.09. The molecule has 1 heterocycles. The molecular weight excluding hydrogens is 256 g/mol. The average Bonchev–Trinajstić information content (AvgIpc) is 2.78. The van der Waals surface area contributed by atoms with Gasteiger partial charge < -0.3 is 10.0 Å². The fourth-order valence-corrected chi connectivity index (χ4v) is 3.95. The van der Waals surface area contributed by atoms with Crippen molar-refractivity contribution in [3.05, 3.63) is 16.1 Å². The molecule has 19 heavy (non-hydrogen) atoms. The molecule has 4 heteroatoms. The van der Waals surface area contributed by atoms with Crippen LogP contribution in [0, 0.1) is 18.3 Å². The quantitative estimate of drug-likeness (QED) is 0.901. The van der Waals surface area contributed by atoms with Gasteiger partial charge in [0.1, 0.15) is 0 Å². The molecule has 1 N–H and O–H groups in total. The molecule has 1 aromatic heterocycles. The molecule has 108 valence electrons.